The van der Waals surface area contributed by atoms with Crippen LogP contribution in [0.4, 0.5) is 0 Å². The third-order valence-electron chi connectivity index (χ3n) is 4.05. The Bertz CT molecular complexity index is 738. The van der Waals surface area contributed by atoms with Crippen molar-refractivity contribution in [2.45, 2.75) is 79.8 Å². The van der Waals surface area contributed by atoms with Crippen LogP contribution >= 0.6 is 0 Å². The zero-order valence-corrected chi connectivity index (χ0v) is 21.0. The lowest BCUT2D eigenvalue weighted by molar-refractivity contribution is -0.699. The molecule has 2 N–H and O–H groups in total. The van der Waals surface area contributed by atoms with E-state index < -0.39 is 0 Å². The number of unbranched alkanes of at least 4 members (excludes halogenated alkanes) is 2. The van der Waals surface area contributed by atoms with E-state index in [0.717, 1.165) is 13.1 Å². The third-order valence-corrected chi connectivity index (χ3v) is 4.05. The number of nitrogens with zero attached hydrogens (tertiary/aromatic N) is 7. The third kappa shape index (κ3) is 16.9. The summed E-state index contributed by atoms with van der Waals surface area (Å²) in [6.45, 7) is 10.6. The maximum atomic E-state index is 10.7. The van der Waals surface area contributed by atoms with Gasteiger partial charge in [0.2, 0.25) is 24.5 Å². The Balaban J connectivity index is 0. The molecule has 0 unspecified atom stereocenters. The zero-order chi connectivity index (χ0) is 23.5. The standard InChI is InChI=1S/2C10H17N3O.BrH.N3/c2*1-3-4-5-12-6-7-13(9-12)8-11-10(2)14;;1-3-2/h2*6-7,9H,3-5,8H2,1-2H3;1H;/q;;;-1/p+1. The van der Waals surface area contributed by atoms with Gasteiger partial charge in [0.25, 0.3) is 0 Å². The molecule has 2 heterocycles. The fourth-order valence-electron chi connectivity index (χ4n) is 2.42. The molecular formula is C20H36BrN9O2. The van der Waals surface area contributed by atoms with Crippen molar-refractivity contribution in [3.8, 4) is 0 Å². The maximum absolute atomic E-state index is 10.7. The summed E-state index contributed by atoms with van der Waals surface area (Å²) in [4.78, 5) is 22.8. The average Bonchev–Trinajstić information content (AvgIpc) is 3.38. The smallest absolute Gasteiger partial charge is 0.245 e. The van der Waals surface area contributed by atoms with Crippen LogP contribution in [-0.2, 0) is 36.0 Å². The number of imidazole rings is 2. The molecule has 0 fully saturated rings. The first kappa shape index (κ1) is 31.3. The quantitative estimate of drug-likeness (QED) is 0.186. The van der Waals surface area contributed by atoms with Crippen LogP contribution in [0.3, 0.4) is 0 Å². The van der Waals surface area contributed by atoms with E-state index in [-0.39, 0.29) is 28.8 Å². The number of aryl methyl sites for hydroxylation is 2. The molecule has 12 heteroatoms. The van der Waals surface area contributed by atoms with Crippen molar-refractivity contribution in [1.82, 2.24) is 19.8 Å². The van der Waals surface area contributed by atoms with Gasteiger partial charge in [0, 0.05) is 13.8 Å². The van der Waals surface area contributed by atoms with E-state index in [0.29, 0.717) is 13.3 Å². The molecule has 2 aromatic rings. The van der Waals surface area contributed by atoms with E-state index in [1.54, 1.807) is 0 Å². The maximum Gasteiger partial charge on any atom is 0.245 e. The van der Waals surface area contributed by atoms with Gasteiger partial charge in [0.15, 0.2) is 13.3 Å². The normalized spacial score (nSPS) is 9.12. The lowest BCUT2D eigenvalue weighted by Gasteiger charge is -1.96. The topological polar surface area (TPSA) is 135 Å². The van der Waals surface area contributed by atoms with Crippen molar-refractivity contribution >= 4 is 11.8 Å². The van der Waals surface area contributed by atoms with Gasteiger partial charge in [-0.15, -0.1) is 0 Å². The number of amides is 2. The molecule has 2 amide bonds. The lowest BCUT2D eigenvalue weighted by atomic mass is 10.3. The van der Waals surface area contributed by atoms with E-state index in [4.69, 9.17) is 11.1 Å². The molecule has 0 spiro atoms. The van der Waals surface area contributed by atoms with Crippen LogP contribution in [0.25, 0.3) is 16.0 Å². The Morgan fingerprint density at radius 1 is 0.844 bits per heavy atom. The first-order valence-electron chi connectivity index (χ1n) is 10.4. The van der Waals surface area contributed by atoms with E-state index in [9.17, 15) is 9.59 Å². The van der Waals surface area contributed by atoms with E-state index in [1.165, 1.54) is 44.4 Å². The fraction of sp³-hybridized carbons (Fsp3) is 0.600. The number of hydrogen-bond acceptors (Lipinski definition) is 2. The van der Waals surface area contributed by atoms with Crippen molar-refractivity contribution in [2.75, 3.05) is 0 Å². The van der Waals surface area contributed by atoms with Crippen LogP contribution in [0.5, 0.6) is 0 Å². The van der Waals surface area contributed by atoms with Gasteiger partial charge in [-0.05, 0) is 12.8 Å². The van der Waals surface area contributed by atoms with Crippen LogP contribution in [0, 0.1) is 0 Å². The zero-order valence-electron chi connectivity index (χ0n) is 19.4. The molecule has 0 radical (unpaired) electrons. The van der Waals surface area contributed by atoms with Crippen molar-refractivity contribution in [3.05, 3.63) is 53.4 Å². The predicted octanol–water partition coefficient (Wildman–Crippen LogP) is -0.791. The molecule has 11 nitrogen and oxygen atoms in total. The minimum Gasteiger partial charge on any atom is -1.00 e. The predicted molar refractivity (Wildman–Crippen MR) is 117 cm³/mol. The van der Waals surface area contributed by atoms with E-state index in [1.807, 2.05) is 46.6 Å². The molecule has 32 heavy (non-hydrogen) atoms. The van der Waals surface area contributed by atoms with Crippen LogP contribution in [0.2, 0.25) is 0 Å². The molecule has 0 aromatic carbocycles. The Labute approximate surface area is 200 Å². The number of aromatic nitrogens is 4. The van der Waals surface area contributed by atoms with Crippen molar-refractivity contribution in [3.63, 3.8) is 0 Å². The SMILES string of the molecule is CCCCn1cc[n+](CNC(C)=O)c1.CCCCn1cc[n+](CNC(C)=O)c1.[Br-].[N-]=[N+]=[N-]. The van der Waals surface area contributed by atoms with Gasteiger partial charge < -0.3 is 38.7 Å². The molecule has 0 aliphatic heterocycles. The van der Waals surface area contributed by atoms with Gasteiger partial charge in [-0.3, -0.25) is 14.5 Å². The van der Waals surface area contributed by atoms with Gasteiger partial charge in [-0.2, -0.15) is 0 Å². The van der Waals surface area contributed by atoms with Crippen LogP contribution in [-0.4, -0.2) is 20.9 Å². The summed E-state index contributed by atoms with van der Waals surface area (Å²) in [7, 11) is 0. The fourth-order valence-corrected chi connectivity index (χ4v) is 2.42. The van der Waals surface area contributed by atoms with Gasteiger partial charge in [0.1, 0.15) is 24.8 Å². The second-order valence-electron chi connectivity index (χ2n) is 6.91. The van der Waals surface area contributed by atoms with Crippen LogP contribution < -0.4 is 36.7 Å². The Morgan fingerprint density at radius 3 is 1.47 bits per heavy atom. The van der Waals surface area contributed by atoms with Gasteiger partial charge in [-0.25, -0.2) is 18.3 Å². The highest BCUT2D eigenvalue weighted by molar-refractivity contribution is 5.72. The number of carbonyl (C=O) groups is 2. The van der Waals surface area contributed by atoms with E-state index >= 15 is 0 Å². The van der Waals surface area contributed by atoms with Gasteiger partial charge in [0.05, 0.1) is 13.1 Å². The first-order valence-corrected chi connectivity index (χ1v) is 10.4. The number of rotatable bonds is 10. The molecule has 180 valence electrons. The first-order chi connectivity index (χ1) is 14.9. The largest absolute Gasteiger partial charge is 1.00 e. The summed E-state index contributed by atoms with van der Waals surface area (Å²) in [6, 6.07) is 0. The second kappa shape index (κ2) is 20.1. The minimum atomic E-state index is -0.00110. The molecule has 0 saturated carbocycles. The van der Waals surface area contributed by atoms with Crippen LogP contribution in [0.15, 0.2) is 37.4 Å². The second-order valence-corrected chi connectivity index (χ2v) is 6.91. The highest BCUT2D eigenvalue weighted by atomic mass is 79.9. The monoisotopic (exact) mass is 513 g/mol. The summed E-state index contributed by atoms with van der Waals surface area (Å²) in [5.74, 6) is -0.00221. The summed E-state index contributed by atoms with van der Waals surface area (Å²) in [5.41, 5.74) is 13.5. The molecule has 0 saturated heterocycles. The molecule has 0 aliphatic carbocycles. The molecule has 0 bridgehead atoms. The summed E-state index contributed by atoms with van der Waals surface area (Å²) in [5, 5.41) is 5.48. The lowest BCUT2D eigenvalue weighted by Crippen LogP contribution is -3.00. The Hall–Kier alpha value is -2.85. The van der Waals surface area contributed by atoms with Crippen molar-refractivity contribution < 1.29 is 35.7 Å². The average molecular weight is 514 g/mol. The van der Waals surface area contributed by atoms with Gasteiger partial charge in [-0.1, -0.05) is 26.7 Å². The number of halogens is 1. The van der Waals surface area contributed by atoms with E-state index in [2.05, 4.69) is 33.6 Å². The summed E-state index contributed by atoms with van der Waals surface area (Å²) in [6.07, 6.45) is 16.8. The highest BCUT2D eigenvalue weighted by Gasteiger charge is 2.03. The number of carbonyl (C=O) groups excluding carboxylic acids is 2. The highest BCUT2D eigenvalue weighted by Crippen LogP contribution is 1.93. The molecule has 2 aromatic heterocycles. The number of nitrogens with one attached hydrogen (secondary N) is 2. The Kier molecular flexibility index (Phi) is 19.7. The van der Waals surface area contributed by atoms with Crippen LogP contribution in [0.1, 0.15) is 53.4 Å². The molecular weight excluding hydrogens is 478 g/mol. The van der Waals surface area contributed by atoms with Crippen molar-refractivity contribution in [2.24, 2.45) is 0 Å². The van der Waals surface area contributed by atoms with Crippen molar-refractivity contribution in [1.29, 1.82) is 0 Å². The summed E-state index contributed by atoms with van der Waals surface area (Å²) >= 11 is 0. The molecule has 2 rings (SSSR count). The molecule has 0 atom stereocenters. The molecule has 0 aliphatic rings. The van der Waals surface area contributed by atoms with Gasteiger partial charge >= 0.3 is 0 Å². The number of hydrogen-bond donors (Lipinski definition) is 2. The summed E-state index contributed by atoms with van der Waals surface area (Å²) < 4.78 is 8.17. The Morgan fingerprint density at radius 2 is 1.19 bits per heavy atom. The minimum absolute atomic E-state index is 0.